The van der Waals surface area contributed by atoms with Crippen LogP contribution in [-0.4, -0.2) is 30.0 Å². The third kappa shape index (κ3) is 16.1. The largest absolute Gasteiger partial charge is 0.426 e. The fourth-order valence-corrected chi connectivity index (χ4v) is 7.85. The number of unbranched alkanes of at least 4 members (excludes halogenated alkanes) is 18. The zero-order valence-corrected chi connectivity index (χ0v) is 30.1. The minimum atomic E-state index is -0.0546. The van der Waals surface area contributed by atoms with E-state index >= 15 is 0 Å². The van der Waals surface area contributed by atoms with Crippen LogP contribution in [0.2, 0.25) is 0 Å². The van der Waals surface area contributed by atoms with Crippen LogP contribution in [0, 0.1) is 0 Å². The fraction of sp³-hybridized carbons (Fsp3) is 0.732. The van der Waals surface area contributed by atoms with Gasteiger partial charge in [-0.3, -0.25) is 9.69 Å². The first-order valence-electron chi connectivity index (χ1n) is 19.3. The Kier molecular flexibility index (Phi) is 20.6. The Morgan fingerprint density at radius 2 is 1.33 bits per heavy atom. The van der Waals surface area contributed by atoms with Crippen molar-refractivity contribution in [3.05, 3.63) is 51.7 Å². The van der Waals surface area contributed by atoms with Gasteiger partial charge in [-0.25, -0.2) is 0 Å². The summed E-state index contributed by atoms with van der Waals surface area (Å²) < 4.78 is 5.94. The number of carbonyl (C=O) groups excluding carboxylic acids is 1. The molecular weight excluding hydrogens is 571 g/mol. The lowest BCUT2D eigenvalue weighted by atomic mass is 9.86. The van der Waals surface area contributed by atoms with Crippen molar-refractivity contribution in [1.82, 2.24) is 4.90 Å². The van der Waals surface area contributed by atoms with E-state index in [0.717, 1.165) is 57.4 Å². The molecule has 3 nitrogen and oxygen atoms in total. The van der Waals surface area contributed by atoms with Gasteiger partial charge in [0.1, 0.15) is 5.75 Å². The number of hydrogen-bond acceptors (Lipinski definition) is 4. The van der Waals surface area contributed by atoms with Gasteiger partial charge in [-0.15, -0.1) is 11.3 Å². The number of rotatable bonds is 27. The Hall–Kier alpha value is -1.65. The van der Waals surface area contributed by atoms with Crippen molar-refractivity contribution in [1.29, 1.82) is 0 Å². The average Bonchev–Trinajstić information content (AvgIpc) is 3.58. The molecule has 45 heavy (non-hydrogen) atoms. The average molecular weight is 638 g/mol. The highest BCUT2D eigenvalue weighted by Crippen LogP contribution is 2.32. The molecule has 1 heterocycles. The van der Waals surface area contributed by atoms with Gasteiger partial charge >= 0.3 is 5.97 Å². The Morgan fingerprint density at radius 1 is 0.733 bits per heavy atom. The number of fused-ring (bicyclic) bond motifs is 1. The zero-order valence-electron chi connectivity index (χ0n) is 29.3. The molecule has 254 valence electrons. The monoisotopic (exact) mass is 637 g/mol. The molecule has 3 rings (SSSR count). The van der Waals surface area contributed by atoms with Crippen LogP contribution in [0.15, 0.2) is 35.7 Å². The predicted molar refractivity (Wildman–Crippen MR) is 196 cm³/mol. The Labute approximate surface area is 281 Å². The van der Waals surface area contributed by atoms with Crippen molar-refractivity contribution in [3.63, 3.8) is 0 Å². The van der Waals surface area contributed by atoms with Crippen molar-refractivity contribution in [2.45, 2.75) is 180 Å². The van der Waals surface area contributed by atoms with E-state index in [2.05, 4.69) is 48.4 Å². The number of carbonyl (C=O) groups is 1. The Bertz CT molecular complexity index is 1000. The summed E-state index contributed by atoms with van der Waals surface area (Å²) >= 11 is 1.87. The molecule has 0 radical (unpaired) electrons. The first-order chi connectivity index (χ1) is 22.2. The van der Waals surface area contributed by atoms with Crippen LogP contribution in [0.4, 0.5) is 0 Å². The van der Waals surface area contributed by atoms with Crippen LogP contribution in [0.5, 0.6) is 5.75 Å². The van der Waals surface area contributed by atoms with Gasteiger partial charge < -0.3 is 4.74 Å². The topological polar surface area (TPSA) is 29.5 Å². The van der Waals surface area contributed by atoms with Gasteiger partial charge in [0.25, 0.3) is 0 Å². The first-order valence-corrected chi connectivity index (χ1v) is 20.2. The maximum Gasteiger partial charge on any atom is 0.311 e. The standard InChI is InChI=1S/C41H67NO2S/c1-3-5-6-7-8-9-10-11-12-13-14-15-16-17-18-19-20-21-22-28-41(43)44-40-27-23-25-36-35-37(29-30-39(36)40)42(32-4-2)33-31-38-26-24-34-45-38/h23-27,34,37H,3-22,28-33,35H2,1-2H3. The second-order valence-electron chi connectivity index (χ2n) is 13.7. The molecule has 0 bridgehead atoms. The molecule has 0 saturated carbocycles. The van der Waals surface area contributed by atoms with Gasteiger partial charge in [0.15, 0.2) is 0 Å². The van der Waals surface area contributed by atoms with Crippen molar-refractivity contribution in [2.24, 2.45) is 0 Å². The molecule has 2 aromatic rings. The predicted octanol–water partition coefficient (Wildman–Crippen LogP) is 12.3. The Morgan fingerprint density at radius 3 is 1.89 bits per heavy atom. The molecule has 1 aromatic carbocycles. The van der Waals surface area contributed by atoms with E-state index in [4.69, 9.17) is 4.74 Å². The lowest BCUT2D eigenvalue weighted by Crippen LogP contribution is -2.41. The Balaban J connectivity index is 1.19. The molecule has 1 aliphatic carbocycles. The third-order valence-electron chi connectivity index (χ3n) is 9.87. The smallest absolute Gasteiger partial charge is 0.311 e. The van der Waals surface area contributed by atoms with Crippen LogP contribution >= 0.6 is 11.3 Å². The number of thiophene rings is 1. The van der Waals surface area contributed by atoms with Gasteiger partial charge in [-0.1, -0.05) is 148 Å². The molecule has 4 heteroatoms. The summed E-state index contributed by atoms with van der Waals surface area (Å²) in [5.41, 5.74) is 2.64. The van der Waals surface area contributed by atoms with E-state index < -0.39 is 0 Å². The summed E-state index contributed by atoms with van der Waals surface area (Å²) in [5.74, 6) is 0.760. The number of benzene rings is 1. The fourth-order valence-electron chi connectivity index (χ4n) is 7.15. The summed E-state index contributed by atoms with van der Waals surface area (Å²) in [7, 11) is 0. The molecular formula is C41H67NO2S. The van der Waals surface area contributed by atoms with E-state index in [-0.39, 0.29) is 5.97 Å². The summed E-state index contributed by atoms with van der Waals surface area (Å²) in [4.78, 5) is 16.9. The van der Waals surface area contributed by atoms with Gasteiger partial charge in [-0.2, -0.15) is 0 Å². The second-order valence-corrected chi connectivity index (χ2v) is 14.8. The molecule has 1 atom stereocenters. The van der Waals surface area contributed by atoms with E-state index in [1.165, 1.54) is 132 Å². The molecule has 0 spiro atoms. The SMILES string of the molecule is CCCCCCCCCCCCCCCCCCCCCC(=O)Oc1cccc2c1CCC(N(CCC)CCc1cccs1)C2. The second kappa shape index (κ2) is 24.5. The molecule has 1 aliphatic rings. The zero-order chi connectivity index (χ0) is 31.8. The first kappa shape index (κ1) is 37.8. The highest BCUT2D eigenvalue weighted by atomic mass is 32.1. The molecule has 0 saturated heterocycles. The molecule has 1 unspecified atom stereocenters. The van der Waals surface area contributed by atoms with Crippen LogP contribution in [0.25, 0.3) is 0 Å². The number of ether oxygens (including phenoxy) is 1. The lowest BCUT2D eigenvalue weighted by molar-refractivity contribution is -0.134. The lowest BCUT2D eigenvalue weighted by Gasteiger charge is -2.35. The number of esters is 1. The van der Waals surface area contributed by atoms with E-state index in [1.54, 1.807) is 0 Å². The van der Waals surface area contributed by atoms with Crippen LogP contribution in [0.3, 0.4) is 0 Å². The van der Waals surface area contributed by atoms with E-state index in [9.17, 15) is 4.79 Å². The molecule has 0 fully saturated rings. The van der Waals surface area contributed by atoms with Gasteiger partial charge in [0.05, 0.1) is 0 Å². The van der Waals surface area contributed by atoms with E-state index in [0.29, 0.717) is 12.5 Å². The van der Waals surface area contributed by atoms with Crippen LogP contribution < -0.4 is 4.74 Å². The maximum atomic E-state index is 12.7. The van der Waals surface area contributed by atoms with Crippen molar-refractivity contribution >= 4 is 17.3 Å². The van der Waals surface area contributed by atoms with Gasteiger partial charge in [0.2, 0.25) is 0 Å². The highest BCUT2D eigenvalue weighted by Gasteiger charge is 2.26. The minimum Gasteiger partial charge on any atom is -0.426 e. The van der Waals surface area contributed by atoms with Crippen LogP contribution in [-0.2, 0) is 24.1 Å². The molecule has 0 N–H and O–H groups in total. The molecule has 0 amide bonds. The van der Waals surface area contributed by atoms with Crippen molar-refractivity contribution in [2.75, 3.05) is 13.1 Å². The van der Waals surface area contributed by atoms with Gasteiger partial charge in [0, 0.05) is 23.9 Å². The molecule has 0 aliphatic heterocycles. The summed E-state index contributed by atoms with van der Waals surface area (Å²) in [6, 6.07) is 11.3. The summed E-state index contributed by atoms with van der Waals surface area (Å²) in [5, 5.41) is 2.18. The summed E-state index contributed by atoms with van der Waals surface area (Å²) in [6.07, 6.45) is 32.0. The number of hydrogen-bond donors (Lipinski definition) is 0. The molecule has 1 aromatic heterocycles. The minimum absolute atomic E-state index is 0.0546. The summed E-state index contributed by atoms with van der Waals surface area (Å²) in [6.45, 7) is 6.86. The van der Waals surface area contributed by atoms with E-state index in [1.807, 2.05) is 17.4 Å². The van der Waals surface area contributed by atoms with Crippen LogP contribution in [0.1, 0.15) is 171 Å². The van der Waals surface area contributed by atoms with Crippen molar-refractivity contribution in [3.8, 4) is 5.75 Å². The highest BCUT2D eigenvalue weighted by molar-refractivity contribution is 7.09. The normalized spacial score (nSPS) is 14.6. The van der Waals surface area contributed by atoms with Crippen molar-refractivity contribution < 1.29 is 9.53 Å². The third-order valence-corrected chi connectivity index (χ3v) is 10.8. The quantitative estimate of drug-likeness (QED) is 0.0554. The maximum absolute atomic E-state index is 12.7. The van der Waals surface area contributed by atoms with Gasteiger partial charge in [-0.05, 0) is 73.7 Å². The number of nitrogens with zero attached hydrogens (tertiary/aromatic N) is 1.